The second-order valence-electron chi connectivity index (χ2n) is 10.1. The van der Waals surface area contributed by atoms with Crippen molar-refractivity contribution >= 4 is 17.6 Å². The van der Waals surface area contributed by atoms with E-state index in [1.54, 1.807) is 12.1 Å². The fourth-order valence-electron chi connectivity index (χ4n) is 4.38. The predicted molar refractivity (Wildman–Crippen MR) is 126 cm³/mol. The highest BCUT2D eigenvalue weighted by Gasteiger charge is 2.48. The first-order chi connectivity index (χ1) is 14.5. The van der Waals surface area contributed by atoms with Gasteiger partial charge in [-0.15, -0.1) is 0 Å². The van der Waals surface area contributed by atoms with E-state index >= 15 is 0 Å². The van der Waals surface area contributed by atoms with E-state index in [0.29, 0.717) is 11.6 Å². The Labute approximate surface area is 187 Å². The first kappa shape index (κ1) is 25.1. The van der Waals surface area contributed by atoms with Crippen LogP contribution in [0.1, 0.15) is 109 Å². The number of benzene rings is 1. The smallest absolute Gasteiger partial charge is 0.335 e. The van der Waals surface area contributed by atoms with Crippen molar-refractivity contribution in [2.75, 3.05) is 0 Å². The van der Waals surface area contributed by atoms with Gasteiger partial charge in [-0.05, 0) is 61.6 Å². The van der Waals surface area contributed by atoms with Gasteiger partial charge in [0.1, 0.15) is 5.66 Å². The number of aromatic carboxylic acids is 1. The minimum atomic E-state index is -0.938. The van der Waals surface area contributed by atoms with Gasteiger partial charge in [-0.1, -0.05) is 66.5 Å². The number of hydrogen-bond donors (Lipinski definition) is 1. The highest BCUT2D eigenvalue weighted by Crippen LogP contribution is 2.43. The van der Waals surface area contributed by atoms with E-state index in [1.807, 2.05) is 24.0 Å². The zero-order valence-electron chi connectivity index (χ0n) is 20.4. The van der Waals surface area contributed by atoms with Crippen LogP contribution in [0.2, 0.25) is 0 Å². The number of rotatable bonds is 10. The number of carboxylic acids is 1. The first-order valence-corrected chi connectivity index (χ1v) is 11.7. The van der Waals surface area contributed by atoms with Crippen LogP contribution >= 0.6 is 0 Å². The molecule has 2 rings (SSSR count). The first-order valence-electron chi connectivity index (χ1n) is 11.7. The van der Waals surface area contributed by atoms with Gasteiger partial charge in [0.25, 0.3) is 5.91 Å². The van der Waals surface area contributed by atoms with Crippen molar-refractivity contribution in [3.8, 4) is 0 Å². The van der Waals surface area contributed by atoms with Gasteiger partial charge in [0, 0.05) is 0 Å². The Morgan fingerprint density at radius 3 is 2.26 bits per heavy atom. The molecule has 0 radical (unpaired) electrons. The molecule has 5 heteroatoms. The zero-order chi connectivity index (χ0) is 23.4. The molecule has 1 N–H and O–H groups in total. The Balaban J connectivity index is 2.44. The topological polar surface area (TPSA) is 70.0 Å². The summed E-state index contributed by atoms with van der Waals surface area (Å²) >= 11 is 0. The number of aliphatic imine (C=N–C) groups is 1. The Morgan fingerprint density at radius 1 is 1.16 bits per heavy atom. The molecule has 172 valence electrons. The van der Waals surface area contributed by atoms with E-state index in [2.05, 4.69) is 41.5 Å². The number of carbonyl (C=O) groups is 2. The Morgan fingerprint density at radius 2 is 1.77 bits per heavy atom. The molecule has 0 spiro atoms. The lowest BCUT2D eigenvalue weighted by Crippen LogP contribution is -2.49. The van der Waals surface area contributed by atoms with Crippen molar-refractivity contribution in [1.29, 1.82) is 0 Å². The third-order valence-corrected chi connectivity index (χ3v) is 7.06. The lowest BCUT2D eigenvalue weighted by Gasteiger charge is -2.43. The SMILES string of the molecule is CCCCC(c1ccc(C(=O)O)cc1)N1C(=O)C(C)=NC1(CC)CCC(C)C(C)(C)C. The molecule has 5 nitrogen and oxygen atoms in total. The second kappa shape index (κ2) is 9.97. The maximum atomic E-state index is 13.4. The predicted octanol–water partition coefficient (Wildman–Crippen LogP) is 6.49. The summed E-state index contributed by atoms with van der Waals surface area (Å²) in [5.41, 5.74) is 1.49. The molecule has 3 unspecified atom stereocenters. The summed E-state index contributed by atoms with van der Waals surface area (Å²) in [5, 5.41) is 9.27. The van der Waals surface area contributed by atoms with E-state index < -0.39 is 11.6 Å². The fraction of sp³-hybridized carbons (Fsp3) is 0.654. The van der Waals surface area contributed by atoms with E-state index in [9.17, 15) is 14.7 Å². The number of carbonyl (C=O) groups excluding carboxylic acids is 1. The number of nitrogens with zero attached hydrogens (tertiary/aromatic N) is 2. The van der Waals surface area contributed by atoms with Gasteiger partial charge in [0.2, 0.25) is 0 Å². The molecule has 1 heterocycles. The Kier molecular flexibility index (Phi) is 8.07. The maximum Gasteiger partial charge on any atom is 0.335 e. The molecule has 1 aliphatic heterocycles. The maximum absolute atomic E-state index is 13.4. The van der Waals surface area contributed by atoms with Gasteiger partial charge < -0.3 is 10.0 Å². The molecule has 0 saturated carbocycles. The molecule has 1 aliphatic rings. The van der Waals surface area contributed by atoms with Crippen molar-refractivity contribution in [1.82, 2.24) is 4.90 Å². The largest absolute Gasteiger partial charge is 0.478 e. The van der Waals surface area contributed by atoms with Crippen LogP contribution in [0, 0.1) is 11.3 Å². The molecule has 31 heavy (non-hydrogen) atoms. The van der Waals surface area contributed by atoms with Crippen LogP contribution in [0.15, 0.2) is 29.3 Å². The van der Waals surface area contributed by atoms with Crippen molar-refractivity contribution in [2.24, 2.45) is 16.3 Å². The Bertz CT molecular complexity index is 807. The summed E-state index contributed by atoms with van der Waals surface area (Å²) < 4.78 is 0. The quantitative estimate of drug-likeness (QED) is 0.463. The number of amides is 1. The van der Waals surface area contributed by atoms with Gasteiger partial charge in [0.05, 0.1) is 17.3 Å². The van der Waals surface area contributed by atoms with Crippen molar-refractivity contribution < 1.29 is 14.7 Å². The lowest BCUT2D eigenvalue weighted by atomic mass is 9.77. The van der Waals surface area contributed by atoms with Crippen LogP contribution in [-0.2, 0) is 4.79 Å². The second-order valence-corrected chi connectivity index (χ2v) is 10.1. The van der Waals surface area contributed by atoms with E-state index in [-0.39, 0.29) is 22.9 Å². The number of unbranched alkanes of at least 4 members (excludes halogenated alkanes) is 1. The molecule has 1 aromatic rings. The van der Waals surface area contributed by atoms with Crippen molar-refractivity contribution in [2.45, 2.75) is 98.7 Å². The van der Waals surface area contributed by atoms with Crippen LogP contribution in [0.5, 0.6) is 0 Å². The van der Waals surface area contributed by atoms with Crippen LogP contribution in [0.3, 0.4) is 0 Å². The molecule has 1 amide bonds. The highest BCUT2D eigenvalue weighted by atomic mass is 16.4. The van der Waals surface area contributed by atoms with Gasteiger partial charge >= 0.3 is 5.97 Å². The van der Waals surface area contributed by atoms with Gasteiger partial charge in [-0.25, -0.2) is 4.79 Å². The summed E-state index contributed by atoms with van der Waals surface area (Å²) in [7, 11) is 0. The summed E-state index contributed by atoms with van der Waals surface area (Å²) in [6.07, 6.45) is 5.46. The molecule has 0 bridgehead atoms. The van der Waals surface area contributed by atoms with E-state index in [0.717, 1.165) is 44.1 Å². The molecule has 3 atom stereocenters. The number of hydrogen-bond acceptors (Lipinski definition) is 3. The average Bonchev–Trinajstić information content (AvgIpc) is 2.97. The molecule has 1 aromatic carbocycles. The highest BCUT2D eigenvalue weighted by molar-refractivity contribution is 6.39. The van der Waals surface area contributed by atoms with Crippen LogP contribution in [0.4, 0.5) is 0 Å². The van der Waals surface area contributed by atoms with Gasteiger partial charge in [-0.3, -0.25) is 9.79 Å². The summed E-state index contributed by atoms with van der Waals surface area (Å²) in [5.74, 6) is -0.422. The fourth-order valence-corrected chi connectivity index (χ4v) is 4.38. The lowest BCUT2D eigenvalue weighted by molar-refractivity contribution is -0.132. The molecule has 0 saturated heterocycles. The zero-order valence-corrected chi connectivity index (χ0v) is 20.4. The normalized spacial score (nSPS) is 21.2. The third kappa shape index (κ3) is 5.55. The molecular weight excluding hydrogens is 388 g/mol. The summed E-state index contributed by atoms with van der Waals surface area (Å²) in [4.78, 5) is 31.6. The number of carboxylic acid groups (broad SMARTS) is 1. The summed E-state index contributed by atoms with van der Waals surface area (Å²) in [6, 6.07) is 6.90. The van der Waals surface area contributed by atoms with Crippen molar-refractivity contribution in [3.63, 3.8) is 0 Å². The van der Waals surface area contributed by atoms with Crippen LogP contribution in [0.25, 0.3) is 0 Å². The minimum absolute atomic E-state index is 0.00803. The monoisotopic (exact) mass is 428 g/mol. The Hall–Kier alpha value is -2.17. The third-order valence-electron chi connectivity index (χ3n) is 7.06. The molecule has 0 aromatic heterocycles. The molecule has 0 aliphatic carbocycles. The average molecular weight is 429 g/mol. The molecular formula is C26H40N2O3. The van der Waals surface area contributed by atoms with Gasteiger partial charge in [-0.2, -0.15) is 0 Å². The van der Waals surface area contributed by atoms with Gasteiger partial charge in [0.15, 0.2) is 0 Å². The van der Waals surface area contributed by atoms with Crippen LogP contribution in [-0.4, -0.2) is 33.3 Å². The molecule has 0 fully saturated rings. The van der Waals surface area contributed by atoms with E-state index in [4.69, 9.17) is 4.99 Å². The minimum Gasteiger partial charge on any atom is -0.478 e. The van der Waals surface area contributed by atoms with E-state index in [1.165, 1.54) is 0 Å². The van der Waals surface area contributed by atoms with Crippen LogP contribution < -0.4 is 0 Å². The summed E-state index contributed by atoms with van der Waals surface area (Å²) in [6.45, 7) is 15.2. The standard InChI is InChI=1S/C26H40N2O3/c1-8-10-11-22(20-12-14-21(15-13-20)24(30)31)28-23(29)19(4)27-26(28,9-2)17-16-18(3)25(5,6)7/h12-15,18,22H,8-11,16-17H2,1-7H3,(H,30,31). The van der Waals surface area contributed by atoms with Crippen molar-refractivity contribution in [3.05, 3.63) is 35.4 Å².